The molecule has 2 N–H and O–H groups in total. The minimum absolute atomic E-state index is 0.000610. The Kier molecular flexibility index (Phi) is 7.92. The van der Waals surface area contributed by atoms with Gasteiger partial charge in [-0.2, -0.15) is 0 Å². The molecule has 1 aromatic heterocycles. The molecule has 0 radical (unpaired) electrons. The Hall–Kier alpha value is -3.29. The first-order chi connectivity index (χ1) is 15.4. The lowest BCUT2D eigenvalue weighted by Crippen LogP contribution is -2.55. The van der Waals surface area contributed by atoms with Crippen molar-refractivity contribution in [3.05, 3.63) is 54.0 Å². The molecular weight excluding hydrogens is 410 g/mol. The predicted octanol–water partition coefficient (Wildman–Crippen LogP) is 2.85. The standard InChI is InChI=1S/C24H31N3O5/c1-4-16(2)25-23(29)21(26-22(28)18-7-5-8-19(15-18)31-3)17-10-12-27(13-11-17)24(30)20-9-6-14-32-20/h5-9,14-17,21H,4,10-13H2,1-3H3,(H,25,29)(H,26,28)/t16-,21+/m0/s1. The molecule has 2 heterocycles. The molecule has 2 atom stereocenters. The molecule has 0 saturated carbocycles. The molecule has 3 amide bonds. The Labute approximate surface area is 188 Å². The van der Waals surface area contributed by atoms with Gasteiger partial charge in [0.15, 0.2) is 5.76 Å². The number of nitrogens with zero attached hydrogens (tertiary/aromatic N) is 1. The molecule has 1 aliphatic rings. The van der Waals surface area contributed by atoms with Crippen molar-refractivity contribution in [3.8, 4) is 5.75 Å². The van der Waals surface area contributed by atoms with E-state index in [1.807, 2.05) is 13.8 Å². The van der Waals surface area contributed by atoms with Crippen LogP contribution in [0.3, 0.4) is 0 Å². The Balaban J connectivity index is 1.70. The molecule has 3 rings (SSSR count). The van der Waals surface area contributed by atoms with Gasteiger partial charge in [0, 0.05) is 24.7 Å². The van der Waals surface area contributed by atoms with Crippen molar-refractivity contribution in [3.63, 3.8) is 0 Å². The molecule has 172 valence electrons. The zero-order valence-electron chi connectivity index (χ0n) is 18.8. The maximum Gasteiger partial charge on any atom is 0.289 e. The summed E-state index contributed by atoms with van der Waals surface area (Å²) in [5, 5.41) is 5.92. The second kappa shape index (κ2) is 10.8. The van der Waals surface area contributed by atoms with Gasteiger partial charge in [-0.15, -0.1) is 0 Å². The van der Waals surface area contributed by atoms with E-state index in [1.165, 1.54) is 13.4 Å². The molecule has 0 bridgehead atoms. The molecule has 1 fully saturated rings. The average Bonchev–Trinajstić information content (AvgIpc) is 3.37. The van der Waals surface area contributed by atoms with Crippen LogP contribution in [-0.2, 0) is 4.79 Å². The highest BCUT2D eigenvalue weighted by molar-refractivity contribution is 5.98. The number of likely N-dealkylation sites (tertiary alicyclic amines) is 1. The molecule has 2 aromatic rings. The highest BCUT2D eigenvalue weighted by Crippen LogP contribution is 2.23. The van der Waals surface area contributed by atoms with Crippen LogP contribution < -0.4 is 15.4 Å². The fourth-order valence-corrected chi connectivity index (χ4v) is 3.81. The molecule has 0 unspecified atom stereocenters. The molecule has 1 aliphatic heterocycles. The largest absolute Gasteiger partial charge is 0.497 e. The maximum absolute atomic E-state index is 13.1. The number of benzene rings is 1. The first-order valence-corrected chi connectivity index (χ1v) is 11.0. The number of piperidine rings is 1. The topological polar surface area (TPSA) is 101 Å². The van der Waals surface area contributed by atoms with Gasteiger partial charge in [0.1, 0.15) is 11.8 Å². The smallest absolute Gasteiger partial charge is 0.289 e. The third-order valence-corrected chi connectivity index (χ3v) is 5.93. The van der Waals surface area contributed by atoms with Gasteiger partial charge in [0.25, 0.3) is 11.8 Å². The van der Waals surface area contributed by atoms with E-state index in [4.69, 9.17) is 9.15 Å². The Morgan fingerprint density at radius 2 is 1.91 bits per heavy atom. The zero-order valence-corrected chi connectivity index (χ0v) is 18.8. The van der Waals surface area contributed by atoms with Gasteiger partial charge < -0.3 is 24.7 Å². The molecule has 1 saturated heterocycles. The number of nitrogens with one attached hydrogen (secondary N) is 2. The molecular formula is C24H31N3O5. The third-order valence-electron chi connectivity index (χ3n) is 5.93. The summed E-state index contributed by atoms with van der Waals surface area (Å²) in [5.41, 5.74) is 0.427. The van der Waals surface area contributed by atoms with E-state index in [9.17, 15) is 14.4 Å². The van der Waals surface area contributed by atoms with Crippen LogP contribution >= 0.6 is 0 Å². The number of carbonyl (C=O) groups is 3. The van der Waals surface area contributed by atoms with Gasteiger partial charge in [-0.3, -0.25) is 14.4 Å². The number of hydrogen-bond donors (Lipinski definition) is 2. The van der Waals surface area contributed by atoms with Crippen molar-refractivity contribution in [2.75, 3.05) is 20.2 Å². The summed E-state index contributed by atoms with van der Waals surface area (Å²) in [6.07, 6.45) is 3.47. The van der Waals surface area contributed by atoms with E-state index in [0.29, 0.717) is 43.0 Å². The zero-order chi connectivity index (χ0) is 23.1. The summed E-state index contributed by atoms with van der Waals surface area (Å²) in [7, 11) is 1.54. The summed E-state index contributed by atoms with van der Waals surface area (Å²) >= 11 is 0. The maximum atomic E-state index is 13.1. The van der Waals surface area contributed by atoms with Gasteiger partial charge in [-0.1, -0.05) is 13.0 Å². The van der Waals surface area contributed by atoms with Crippen LogP contribution in [0.15, 0.2) is 47.1 Å². The number of furan rings is 1. The SMILES string of the molecule is CC[C@H](C)NC(=O)[C@H](NC(=O)c1cccc(OC)c1)C1CCN(C(=O)c2ccco2)CC1. The minimum Gasteiger partial charge on any atom is -0.497 e. The van der Waals surface area contributed by atoms with Gasteiger partial charge in [0.05, 0.1) is 13.4 Å². The fourth-order valence-electron chi connectivity index (χ4n) is 3.81. The quantitative estimate of drug-likeness (QED) is 0.656. The van der Waals surface area contributed by atoms with Crippen molar-refractivity contribution in [2.24, 2.45) is 5.92 Å². The number of carbonyl (C=O) groups excluding carboxylic acids is 3. The van der Waals surface area contributed by atoms with E-state index in [-0.39, 0.29) is 29.7 Å². The first kappa shape index (κ1) is 23.4. The number of hydrogen-bond acceptors (Lipinski definition) is 5. The van der Waals surface area contributed by atoms with Crippen LogP contribution in [0.2, 0.25) is 0 Å². The summed E-state index contributed by atoms with van der Waals surface area (Å²) < 4.78 is 10.4. The average molecular weight is 442 g/mol. The minimum atomic E-state index is -0.691. The van der Waals surface area contributed by atoms with E-state index in [1.54, 1.807) is 41.3 Å². The van der Waals surface area contributed by atoms with Crippen LogP contribution in [0.4, 0.5) is 0 Å². The second-order valence-corrected chi connectivity index (χ2v) is 8.11. The molecule has 0 aliphatic carbocycles. The predicted molar refractivity (Wildman–Crippen MR) is 119 cm³/mol. The number of rotatable bonds is 8. The number of amides is 3. The summed E-state index contributed by atoms with van der Waals surface area (Å²) in [6, 6.07) is 9.46. The fraction of sp³-hybridized carbons (Fsp3) is 0.458. The molecule has 8 heteroatoms. The molecule has 0 spiro atoms. The normalized spacial score (nSPS) is 16.2. The van der Waals surface area contributed by atoms with Crippen LogP contribution in [0, 0.1) is 5.92 Å². The lowest BCUT2D eigenvalue weighted by molar-refractivity contribution is -0.125. The number of methoxy groups -OCH3 is 1. The first-order valence-electron chi connectivity index (χ1n) is 11.0. The second-order valence-electron chi connectivity index (χ2n) is 8.11. The van der Waals surface area contributed by atoms with Crippen LogP contribution in [-0.4, -0.2) is 54.9 Å². The van der Waals surface area contributed by atoms with Gasteiger partial charge in [-0.25, -0.2) is 0 Å². The Bertz CT molecular complexity index is 919. The number of ether oxygens (including phenoxy) is 1. The summed E-state index contributed by atoms with van der Waals surface area (Å²) in [5.74, 6) is 0.0984. The van der Waals surface area contributed by atoms with Crippen LogP contribution in [0.5, 0.6) is 5.75 Å². The van der Waals surface area contributed by atoms with Crippen molar-refractivity contribution in [2.45, 2.75) is 45.2 Å². The van der Waals surface area contributed by atoms with Gasteiger partial charge in [0.2, 0.25) is 5.91 Å². The lowest BCUT2D eigenvalue weighted by Gasteiger charge is -2.35. The van der Waals surface area contributed by atoms with Crippen molar-refractivity contribution in [1.82, 2.24) is 15.5 Å². The van der Waals surface area contributed by atoms with Crippen LogP contribution in [0.1, 0.15) is 54.0 Å². The Morgan fingerprint density at radius 3 is 2.53 bits per heavy atom. The van der Waals surface area contributed by atoms with Crippen LogP contribution in [0.25, 0.3) is 0 Å². The van der Waals surface area contributed by atoms with Gasteiger partial charge >= 0.3 is 0 Å². The van der Waals surface area contributed by atoms with E-state index < -0.39 is 6.04 Å². The monoisotopic (exact) mass is 441 g/mol. The Morgan fingerprint density at radius 1 is 1.16 bits per heavy atom. The summed E-state index contributed by atoms with van der Waals surface area (Å²) in [4.78, 5) is 40.3. The highest BCUT2D eigenvalue weighted by Gasteiger charge is 2.35. The molecule has 1 aromatic carbocycles. The van der Waals surface area contributed by atoms with Crippen molar-refractivity contribution < 1.29 is 23.5 Å². The highest BCUT2D eigenvalue weighted by atomic mass is 16.5. The summed E-state index contributed by atoms with van der Waals surface area (Å²) in [6.45, 7) is 4.91. The van der Waals surface area contributed by atoms with Gasteiger partial charge in [-0.05, 0) is 62.4 Å². The van der Waals surface area contributed by atoms with Crippen molar-refractivity contribution in [1.29, 1.82) is 0 Å². The van der Waals surface area contributed by atoms with E-state index in [0.717, 1.165) is 6.42 Å². The van der Waals surface area contributed by atoms with E-state index >= 15 is 0 Å². The molecule has 8 nitrogen and oxygen atoms in total. The molecule has 32 heavy (non-hydrogen) atoms. The lowest BCUT2D eigenvalue weighted by atomic mass is 9.88. The van der Waals surface area contributed by atoms with Crippen molar-refractivity contribution >= 4 is 17.7 Å². The third kappa shape index (κ3) is 5.69. The van der Waals surface area contributed by atoms with E-state index in [2.05, 4.69) is 10.6 Å².